The summed E-state index contributed by atoms with van der Waals surface area (Å²) in [6, 6.07) is 2.01. The highest BCUT2D eigenvalue weighted by Gasteiger charge is 2.11. The predicted molar refractivity (Wildman–Crippen MR) is 77.1 cm³/mol. The molecule has 0 spiro atoms. The van der Waals surface area contributed by atoms with Crippen molar-refractivity contribution in [1.29, 1.82) is 0 Å². The maximum absolute atomic E-state index is 6.12. The van der Waals surface area contributed by atoms with Crippen molar-refractivity contribution in [3.63, 3.8) is 0 Å². The number of aryl methyl sites for hydroxylation is 1. The van der Waals surface area contributed by atoms with Crippen molar-refractivity contribution in [3.05, 3.63) is 31.2 Å². The maximum Gasteiger partial charge on any atom is 0.162 e. The van der Waals surface area contributed by atoms with E-state index in [4.69, 9.17) is 11.6 Å². The van der Waals surface area contributed by atoms with Gasteiger partial charge >= 0.3 is 0 Å². The summed E-state index contributed by atoms with van der Waals surface area (Å²) in [5, 5.41) is 4.61. The van der Waals surface area contributed by atoms with Crippen molar-refractivity contribution in [1.82, 2.24) is 9.97 Å². The van der Waals surface area contributed by atoms with Crippen LogP contribution in [0.15, 0.2) is 16.8 Å². The number of thiophene rings is 1. The monoisotopic (exact) mass is 364 g/mol. The van der Waals surface area contributed by atoms with Crippen LogP contribution in [0.2, 0.25) is 5.15 Å². The highest BCUT2D eigenvalue weighted by Crippen LogP contribution is 2.25. The van der Waals surface area contributed by atoms with E-state index >= 15 is 0 Å². The summed E-state index contributed by atoms with van der Waals surface area (Å²) >= 11 is 9.96. The average molecular weight is 365 g/mol. The van der Waals surface area contributed by atoms with Crippen molar-refractivity contribution >= 4 is 45.5 Å². The molecule has 0 aliphatic heterocycles. The summed E-state index contributed by atoms with van der Waals surface area (Å²) in [6.45, 7) is 2.14. The zero-order valence-electron chi connectivity index (χ0n) is 8.70. The van der Waals surface area contributed by atoms with E-state index in [-0.39, 0.29) is 0 Å². The lowest BCUT2D eigenvalue weighted by molar-refractivity contribution is 0.867. The van der Waals surface area contributed by atoms with Gasteiger partial charge in [0.05, 0.1) is 9.26 Å². The van der Waals surface area contributed by atoms with Crippen LogP contribution in [0.1, 0.15) is 19.0 Å². The zero-order valence-corrected chi connectivity index (χ0v) is 12.4. The summed E-state index contributed by atoms with van der Waals surface area (Å²) < 4.78 is 0.972. The molecule has 0 aromatic carbocycles. The molecular weight excluding hydrogens is 355 g/mol. The Labute approximate surface area is 117 Å². The largest absolute Gasteiger partial charge is 0.232 e. The lowest BCUT2D eigenvalue weighted by Gasteiger charge is -2.06. The van der Waals surface area contributed by atoms with Crippen LogP contribution in [0.4, 0.5) is 0 Å². The lowest BCUT2D eigenvalue weighted by atomic mass is 10.2. The molecule has 16 heavy (non-hydrogen) atoms. The third-order valence-corrected chi connectivity index (χ3v) is 4.55. The van der Waals surface area contributed by atoms with Crippen LogP contribution in [0, 0.1) is 3.57 Å². The first-order valence-electron chi connectivity index (χ1n) is 4.97. The molecule has 2 aromatic heterocycles. The quantitative estimate of drug-likeness (QED) is 0.595. The maximum atomic E-state index is 6.12. The van der Waals surface area contributed by atoms with E-state index in [1.54, 1.807) is 11.3 Å². The summed E-state index contributed by atoms with van der Waals surface area (Å²) in [5.41, 5.74) is 2.09. The summed E-state index contributed by atoms with van der Waals surface area (Å²) in [4.78, 5) is 8.88. The van der Waals surface area contributed by atoms with Gasteiger partial charge in [-0.2, -0.15) is 11.3 Å². The van der Waals surface area contributed by atoms with E-state index in [9.17, 15) is 0 Å². The molecule has 2 aromatic rings. The molecule has 0 fully saturated rings. The van der Waals surface area contributed by atoms with E-state index in [2.05, 4.69) is 39.5 Å². The average Bonchev–Trinajstić information content (AvgIpc) is 2.78. The number of aromatic nitrogens is 2. The number of halogens is 2. The fraction of sp³-hybridized carbons (Fsp3) is 0.273. The van der Waals surface area contributed by atoms with Crippen molar-refractivity contribution in [2.75, 3.05) is 0 Å². The normalized spacial score (nSPS) is 10.7. The van der Waals surface area contributed by atoms with Gasteiger partial charge in [-0.1, -0.05) is 24.9 Å². The summed E-state index contributed by atoms with van der Waals surface area (Å²) in [5.74, 6) is 0.732. The van der Waals surface area contributed by atoms with Gasteiger partial charge in [0.2, 0.25) is 0 Å². The Balaban J connectivity index is 2.48. The van der Waals surface area contributed by atoms with E-state index < -0.39 is 0 Å². The topological polar surface area (TPSA) is 25.8 Å². The first kappa shape index (κ1) is 12.3. The second-order valence-electron chi connectivity index (χ2n) is 3.36. The molecule has 84 valence electrons. The first-order valence-corrected chi connectivity index (χ1v) is 7.36. The molecule has 0 aliphatic rings. The number of hydrogen-bond donors (Lipinski definition) is 0. The third kappa shape index (κ3) is 2.55. The van der Waals surface area contributed by atoms with Crippen LogP contribution in [-0.4, -0.2) is 9.97 Å². The smallest absolute Gasteiger partial charge is 0.162 e. The van der Waals surface area contributed by atoms with Gasteiger partial charge in [0.1, 0.15) is 5.15 Å². The SMILES string of the molecule is CCCc1nc(-c2ccsc2)nc(Cl)c1I. The van der Waals surface area contributed by atoms with Gasteiger partial charge < -0.3 is 0 Å². The van der Waals surface area contributed by atoms with Crippen LogP contribution in [0.25, 0.3) is 11.4 Å². The molecule has 5 heteroatoms. The lowest BCUT2D eigenvalue weighted by Crippen LogP contribution is -2.00. The molecule has 0 atom stereocenters. The Bertz CT molecular complexity index is 485. The Kier molecular flexibility index (Phi) is 4.16. The molecule has 0 saturated heterocycles. The van der Waals surface area contributed by atoms with Gasteiger partial charge in [-0.05, 0) is 40.5 Å². The van der Waals surface area contributed by atoms with Crippen LogP contribution in [0.5, 0.6) is 0 Å². The van der Waals surface area contributed by atoms with Gasteiger partial charge in [0.25, 0.3) is 0 Å². The van der Waals surface area contributed by atoms with Crippen molar-refractivity contribution in [2.45, 2.75) is 19.8 Å². The molecule has 0 unspecified atom stereocenters. The highest BCUT2D eigenvalue weighted by molar-refractivity contribution is 14.1. The molecule has 2 nitrogen and oxygen atoms in total. The van der Waals surface area contributed by atoms with Gasteiger partial charge in [-0.15, -0.1) is 0 Å². The van der Waals surface area contributed by atoms with Crippen LogP contribution in [0.3, 0.4) is 0 Å². The summed E-state index contributed by atoms with van der Waals surface area (Å²) in [6.07, 6.45) is 2.00. The van der Waals surface area contributed by atoms with Crippen LogP contribution < -0.4 is 0 Å². The van der Waals surface area contributed by atoms with Crippen LogP contribution >= 0.6 is 45.5 Å². The summed E-state index contributed by atoms with van der Waals surface area (Å²) in [7, 11) is 0. The van der Waals surface area contributed by atoms with Crippen molar-refractivity contribution in [2.24, 2.45) is 0 Å². The van der Waals surface area contributed by atoms with E-state index in [1.165, 1.54) is 0 Å². The molecule has 0 amide bonds. The number of nitrogens with zero attached hydrogens (tertiary/aromatic N) is 2. The predicted octanol–water partition coefficient (Wildman–Crippen LogP) is 4.42. The molecule has 0 radical (unpaired) electrons. The Morgan fingerprint density at radius 2 is 2.25 bits per heavy atom. The fourth-order valence-electron chi connectivity index (χ4n) is 1.39. The Morgan fingerprint density at radius 1 is 1.44 bits per heavy atom. The van der Waals surface area contributed by atoms with Gasteiger partial charge in [-0.25, -0.2) is 9.97 Å². The van der Waals surface area contributed by atoms with E-state index in [0.29, 0.717) is 5.15 Å². The van der Waals surface area contributed by atoms with Gasteiger partial charge in [-0.3, -0.25) is 0 Å². The highest BCUT2D eigenvalue weighted by atomic mass is 127. The first-order chi connectivity index (χ1) is 7.72. The Hall–Kier alpha value is -0.200. The van der Waals surface area contributed by atoms with Crippen LogP contribution in [-0.2, 0) is 6.42 Å². The molecular formula is C11H10ClIN2S. The van der Waals surface area contributed by atoms with E-state index in [1.807, 2.05) is 16.8 Å². The Morgan fingerprint density at radius 3 is 2.88 bits per heavy atom. The molecule has 0 saturated carbocycles. The second kappa shape index (κ2) is 5.42. The number of hydrogen-bond acceptors (Lipinski definition) is 3. The second-order valence-corrected chi connectivity index (χ2v) is 5.58. The van der Waals surface area contributed by atoms with Crippen molar-refractivity contribution in [3.8, 4) is 11.4 Å². The molecule has 0 aliphatic carbocycles. The van der Waals surface area contributed by atoms with Gasteiger partial charge in [0, 0.05) is 10.9 Å². The molecule has 2 rings (SSSR count). The third-order valence-electron chi connectivity index (χ3n) is 2.15. The minimum absolute atomic E-state index is 0.556. The molecule has 0 N–H and O–H groups in total. The molecule has 0 bridgehead atoms. The molecule has 2 heterocycles. The van der Waals surface area contributed by atoms with E-state index in [0.717, 1.165) is 33.5 Å². The fourth-order valence-corrected chi connectivity index (χ4v) is 2.72. The van der Waals surface area contributed by atoms with Gasteiger partial charge in [0.15, 0.2) is 5.82 Å². The minimum atomic E-state index is 0.556. The minimum Gasteiger partial charge on any atom is -0.232 e. The number of rotatable bonds is 3. The van der Waals surface area contributed by atoms with Crippen molar-refractivity contribution < 1.29 is 0 Å². The zero-order chi connectivity index (χ0) is 11.5. The standard InChI is InChI=1S/C11H10ClIN2S/c1-2-3-8-9(13)10(12)15-11(14-8)7-4-5-16-6-7/h4-6H,2-3H2,1H3.